The van der Waals surface area contributed by atoms with Crippen LogP contribution in [0.15, 0.2) is 48.5 Å². The van der Waals surface area contributed by atoms with Crippen LogP contribution in [0.25, 0.3) is 0 Å². The molecular weight excluding hydrogens is 372 g/mol. The molecule has 0 saturated heterocycles. The summed E-state index contributed by atoms with van der Waals surface area (Å²) in [5.74, 6) is 2.14. The van der Waals surface area contributed by atoms with E-state index in [9.17, 15) is 4.79 Å². The molecule has 29 heavy (non-hydrogen) atoms. The largest absolute Gasteiger partial charge is 0.493 e. The van der Waals surface area contributed by atoms with Crippen LogP contribution in [0.1, 0.15) is 15.9 Å². The molecule has 2 aromatic carbocycles. The van der Waals surface area contributed by atoms with Gasteiger partial charge in [0, 0.05) is 23.4 Å². The highest BCUT2D eigenvalue weighted by Gasteiger charge is 2.14. The van der Waals surface area contributed by atoms with Crippen molar-refractivity contribution in [2.45, 2.75) is 6.92 Å². The van der Waals surface area contributed by atoms with E-state index in [-0.39, 0.29) is 5.91 Å². The van der Waals surface area contributed by atoms with Gasteiger partial charge in [-0.25, -0.2) is 0 Å². The molecule has 3 rings (SSSR count). The zero-order valence-electron chi connectivity index (χ0n) is 16.6. The maximum atomic E-state index is 12.3. The molecule has 8 nitrogen and oxygen atoms in total. The monoisotopic (exact) mass is 394 g/mol. The second-order valence-corrected chi connectivity index (χ2v) is 6.17. The van der Waals surface area contributed by atoms with Crippen molar-refractivity contribution < 1.29 is 19.0 Å². The summed E-state index contributed by atoms with van der Waals surface area (Å²) in [5, 5.41) is 14.0. The van der Waals surface area contributed by atoms with Gasteiger partial charge in [-0.05, 0) is 31.2 Å². The summed E-state index contributed by atoms with van der Waals surface area (Å²) < 4.78 is 16.0. The average Bonchev–Trinajstić information content (AvgIpc) is 2.74. The lowest BCUT2D eigenvalue weighted by Crippen LogP contribution is -2.13. The van der Waals surface area contributed by atoms with Gasteiger partial charge in [0.25, 0.3) is 5.91 Å². The zero-order chi connectivity index (χ0) is 20.8. The lowest BCUT2D eigenvalue weighted by atomic mass is 10.1. The van der Waals surface area contributed by atoms with E-state index < -0.39 is 0 Å². The SMILES string of the molecule is COc1cc(Nc2ccc(NC(=O)c3cccc(C)c3)nn2)cc(OC)c1OC. The Kier molecular flexibility index (Phi) is 6.13. The van der Waals surface area contributed by atoms with Gasteiger partial charge in [0.2, 0.25) is 5.75 Å². The fourth-order valence-electron chi connectivity index (χ4n) is 2.74. The molecule has 1 heterocycles. The minimum atomic E-state index is -0.242. The van der Waals surface area contributed by atoms with Crippen molar-refractivity contribution in [1.29, 1.82) is 0 Å². The summed E-state index contributed by atoms with van der Waals surface area (Å²) in [6.07, 6.45) is 0. The summed E-state index contributed by atoms with van der Waals surface area (Å²) in [4.78, 5) is 12.3. The minimum Gasteiger partial charge on any atom is -0.493 e. The summed E-state index contributed by atoms with van der Waals surface area (Å²) in [6.45, 7) is 1.93. The Bertz CT molecular complexity index is 981. The van der Waals surface area contributed by atoms with Crippen molar-refractivity contribution in [2.75, 3.05) is 32.0 Å². The summed E-state index contributed by atoms with van der Waals surface area (Å²) in [6, 6.07) is 14.2. The van der Waals surface area contributed by atoms with Crippen molar-refractivity contribution >= 4 is 23.2 Å². The number of aromatic nitrogens is 2. The van der Waals surface area contributed by atoms with Gasteiger partial charge >= 0.3 is 0 Å². The molecule has 2 N–H and O–H groups in total. The number of nitrogens with one attached hydrogen (secondary N) is 2. The molecular formula is C21H22N4O4. The molecule has 0 fully saturated rings. The van der Waals surface area contributed by atoms with E-state index in [2.05, 4.69) is 20.8 Å². The van der Waals surface area contributed by atoms with Crippen LogP contribution in [-0.2, 0) is 0 Å². The third-order valence-corrected chi connectivity index (χ3v) is 4.12. The van der Waals surface area contributed by atoms with Crippen molar-refractivity contribution in [3.05, 3.63) is 59.7 Å². The number of benzene rings is 2. The third-order valence-electron chi connectivity index (χ3n) is 4.12. The maximum Gasteiger partial charge on any atom is 0.256 e. The van der Waals surface area contributed by atoms with Gasteiger partial charge < -0.3 is 24.8 Å². The number of amides is 1. The molecule has 0 aliphatic carbocycles. The maximum absolute atomic E-state index is 12.3. The first-order chi connectivity index (χ1) is 14.0. The van der Waals surface area contributed by atoms with Crippen molar-refractivity contribution in [3.63, 3.8) is 0 Å². The number of aryl methyl sites for hydroxylation is 1. The van der Waals surface area contributed by atoms with Crippen LogP contribution in [0.3, 0.4) is 0 Å². The smallest absolute Gasteiger partial charge is 0.256 e. The zero-order valence-corrected chi connectivity index (χ0v) is 16.6. The van der Waals surface area contributed by atoms with Gasteiger partial charge in [0.1, 0.15) is 0 Å². The van der Waals surface area contributed by atoms with Gasteiger partial charge in [0.15, 0.2) is 23.1 Å². The minimum absolute atomic E-state index is 0.242. The van der Waals surface area contributed by atoms with Gasteiger partial charge in [0.05, 0.1) is 21.3 Å². The number of carbonyl (C=O) groups is 1. The van der Waals surface area contributed by atoms with Crippen LogP contribution < -0.4 is 24.8 Å². The Balaban J connectivity index is 1.73. The molecule has 0 spiro atoms. The van der Waals surface area contributed by atoms with Gasteiger partial charge in [-0.2, -0.15) is 0 Å². The van der Waals surface area contributed by atoms with Crippen LogP contribution in [0.4, 0.5) is 17.3 Å². The van der Waals surface area contributed by atoms with Gasteiger partial charge in [-0.3, -0.25) is 4.79 Å². The molecule has 8 heteroatoms. The van der Waals surface area contributed by atoms with E-state index in [0.717, 1.165) is 5.56 Å². The Hall–Kier alpha value is -3.81. The Morgan fingerprint density at radius 1 is 0.862 bits per heavy atom. The van der Waals surface area contributed by atoms with E-state index in [1.54, 1.807) is 51.7 Å². The highest BCUT2D eigenvalue weighted by molar-refractivity contribution is 6.03. The number of hydrogen-bond donors (Lipinski definition) is 2. The number of carbonyl (C=O) groups excluding carboxylic acids is 1. The first kappa shape index (κ1) is 19.9. The molecule has 0 unspecified atom stereocenters. The van der Waals surface area contributed by atoms with Crippen LogP contribution in [0.5, 0.6) is 17.2 Å². The second-order valence-electron chi connectivity index (χ2n) is 6.17. The highest BCUT2D eigenvalue weighted by Crippen LogP contribution is 2.40. The van der Waals surface area contributed by atoms with Gasteiger partial charge in [-0.15, -0.1) is 10.2 Å². The fraction of sp³-hybridized carbons (Fsp3) is 0.190. The summed E-state index contributed by atoms with van der Waals surface area (Å²) in [5.41, 5.74) is 2.26. The molecule has 150 valence electrons. The Morgan fingerprint density at radius 3 is 2.07 bits per heavy atom. The molecule has 0 aliphatic heterocycles. The highest BCUT2D eigenvalue weighted by atomic mass is 16.5. The third kappa shape index (κ3) is 4.73. The predicted octanol–water partition coefficient (Wildman–Crippen LogP) is 3.81. The van der Waals surface area contributed by atoms with Crippen molar-refractivity contribution in [3.8, 4) is 17.2 Å². The lowest BCUT2D eigenvalue weighted by Gasteiger charge is -2.14. The van der Waals surface area contributed by atoms with E-state index in [0.29, 0.717) is 40.1 Å². The molecule has 1 aromatic heterocycles. The van der Waals surface area contributed by atoms with Crippen molar-refractivity contribution in [1.82, 2.24) is 10.2 Å². The molecule has 0 aliphatic rings. The Labute approximate surface area is 168 Å². The van der Waals surface area contributed by atoms with Crippen LogP contribution in [-0.4, -0.2) is 37.4 Å². The van der Waals surface area contributed by atoms with Crippen LogP contribution >= 0.6 is 0 Å². The number of methoxy groups -OCH3 is 3. The lowest BCUT2D eigenvalue weighted by molar-refractivity contribution is 0.102. The van der Waals surface area contributed by atoms with E-state index in [4.69, 9.17) is 14.2 Å². The standard InChI is InChI=1S/C21H22N4O4/c1-13-6-5-7-14(10-13)21(26)23-19-9-8-18(24-25-19)22-15-11-16(27-2)20(29-4)17(12-15)28-3/h5-12H,1-4H3,(H,22,24)(H,23,25,26). The van der Waals surface area contributed by atoms with Crippen molar-refractivity contribution in [2.24, 2.45) is 0 Å². The normalized spacial score (nSPS) is 10.2. The van der Waals surface area contributed by atoms with E-state index >= 15 is 0 Å². The van der Waals surface area contributed by atoms with E-state index in [1.165, 1.54) is 0 Å². The summed E-state index contributed by atoms with van der Waals surface area (Å²) >= 11 is 0. The topological polar surface area (TPSA) is 94.6 Å². The number of nitrogens with zero attached hydrogens (tertiary/aromatic N) is 2. The Morgan fingerprint density at radius 2 is 1.52 bits per heavy atom. The van der Waals surface area contributed by atoms with Crippen LogP contribution in [0.2, 0.25) is 0 Å². The molecule has 0 atom stereocenters. The van der Waals surface area contributed by atoms with Gasteiger partial charge in [-0.1, -0.05) is 17.7 Å². The number of anilines is 3. The molecule has 0 saturated carbocycles. The molecule has 0 bridgehead atoms. The van der Waals surface area contributed by atoms with Crippen LogP contribution in [0, 0.1) is 6.92 Å². The molecule has 1 amide bonds. The summed E-state index contributed by atoms with van der Waals surface area (Å²) in [7, 11) is 4.64. The predicted molar refractivity (Wildman–Crippen MR) is 111 cm³/mol. The average molecular weight is 394 g/mol. The van der Waals surface area contributed by atoms with E-state index in [1.807, 2.05) is 25.1 Å². The fourth-order valence-corrected chi connectivity index (χ4v) is 2.74. The molecule has 3 aromatic rings. The number of hydrogen-bond acceptors (Lipinski definition) is 7. The second kappa shape index (κ2) is 8.92. The first-order valence-corrected chi connectivity index (χ1v) is 8.83. The number of rotatable bonds is 7. The number of ether oxygens (including phenoxy) is 3. The molecule has 0 radical (unpaired) electrons. The first-order valence-electron chi connectivity index (χ1n) is 8.83. The quantitative estimate of drug-likeness (QED) is 0.629.